The zero-order valence-corrected chi connectivity index (χ0v) is 8.24. The predicted molar refractivity (Wildman–Crippen MR) is 56.7 cm³/mol. The van der Waals surface area contributed by atoms with Gasteiger partial charge >= 0.3 is 0 Å². The van der Waals surface area contributed by atoms with Crippen LogP contribution < -0.4 is 5.73 Å². The lowest BCUT2D eigenvalue weighted by atomic mass is 10.1. The van der Waals surface area contributed by atoms with Gasteiger partial charge in [0, 0.05) is 31.9 Å². The number of nitrogens with zero attached hydrogens (tertiary/aromatic N) is 1. The van der Waals surface area contributed by atoms with Gasteiger partial charge in [-0.3, -0.25) is 4.90 Å². The molecule has 0 amide bonds. The van der Waals surface area contributed by atoms with Gasteiger partial charge in [-0.05, 0) is 29.7 Å². The Morgan fingerprint density at radius 2 is 2.07 bits per heavy atom. The summed E-state index contributed by atoms with van der Waals surface area (Å²) in [6, 6.07) is 6.10. The Balaban J connectivity index is 2.03. The molecule has 0 aliphatic carbocycles. The summed E-state index contributed by atoms with van der Waals surface area (Å²) in [4.78, 5) is 2.33. The molecule has 1 aliphatic heterocycles. The maximum absolute atomic E-state index is 8.74. The summed E-state index contributed by atoms with van der Waals surface area (Å²) in [5.74, 6) is 0. The second-order valence-electron chi connectivity index (χ2n) is 3.82. The van der Waals surface area contributed by atoms with Gasteiger partial charge in [0.15, 0.2) is 0 Å². The highest BCUT2D eigenvalue weighted by Crippen LogP contribution is 2.24. The third-order valence-corrected chi connectivity index (χ3v) is 2.65. The number of anilines is 1. The first-order valence-electron chi connectivity index (χ1n) is 5.00. The van der Waals surface area contributed by atoms with Crippen LogP contribution in [0.1, 0.15) is 17.5 Å². The maximum atomic E-state index is 8.74. The van der Waals surface area contributed by atoms with E-state index in [-0.39, 0.29) is 6.61 Å². The molecule has 14 heavy (non-hydrogen) atoms. The molecule has 0 unspecified atom stereocenters. The van der Waals surface area contributed by atoms with Crippen LogP contribution in [-0.2, 0) is 13.1 Å². The third-order valence-electron chi connectivity index (χ3n) is 2.65. The van der Waals surface area contributed by atoms with Crippen LogP contribution >= 0.6 is 0 Å². The van der Waals surface area contributed by atoms with Crippen LogP contribution in [0.15, 0.2) is 18.2 Å². The van der Waals surface area contributed by atoms with E-state index in [2.05, 4.69) is 11.0 Å². The maximum Gasteiger partial charge on any atom is 0.0443 e. The number of benzene rings is 1. The molecule has 76 valence electrons. The molecule has 0 radical (unpaired) electrons. The second kappa shape index (κ2) is 3.98. The molecule has 1 aromatic rings. The Hall–Kier alpha value is -1.06. The minimum atomic E-state index is 0.273. The van der Waals surface area contributed by atoms with Crippen LogP contribution in [0, 0.1) is 0 Å². The van der Waals surface area contributed by atoms with Crippen molar-refractivity contribution in [1.82, 2.24) is 4.90 Å². The number of hydrogen-bond acceptors (Lipinski definition) is 3. The zero-order chi connectivity index (χ0) is 9.97. The monoisotopic (exact) mass is 192 g/mol. The van der Waals surface area contributed by atoms with Crippen molar-refractivity contribution in [2.24, 2.45) is 0 Å². The molecular weight excluding hydrogens is 176 g/mol. The SMILES string of the molecule is Nc1ccc2c(c1)CN(CCCO)C2. The molecule has 0 spiro atoms. The lowest BCUT2D eigenvalue weighted by molar-refractivity contribution is 0.226. The van der Waals surface area contributed by atoms with E-state index in [1.165, 1.54) is 11.1 Å². The van der Waals surface area contributed by atoms with Gasteiger partial charge in [0.05, 0.1) is 0 Å². The number of aliphatic hydroxyl groups excluding tert-OH is 1. The topological polar surface area (TPSA) is 49.5 Å². The van der Waals surface area contributed by atoms with E-state index < -0.39 is 0 Å². The van der Waals surface area contributed by atoms with E-state index in [1.807, 2.05) is 12.1 Å². The van der Waals surface area contributed by atoms with E-state index in [1.54, 1.807) is 0 Å². The number of fused-ring (bicyclic) bond motifs is 1. The molecule has 0 atom stereocenters. The quantitative estimate of drug-likeness (QED) is 0.701. The summed E-state index contributed by atoms with van der Waals surface area (Å²) >= 11 is 0. The zero-order valence-electron chi connectivity index (χ0n) is 8.24. The fourth-order valence-electron chi connectivity index (χ4n) is 1.94. The van der Waals surface area contributed by atoms with Crippen LogP contribution in [0.4, 0.5) is 5.69 Å². The number of rotatable bonds is 3. The first-order chi connectivity index (χ1) is 6.79. The van der Waals surface area contributed by atoms with Crippen LogP contribution in [0.25, 0.3) is 0 Å². The molecule has 3 N–H and O–H groups in total. The van der Waals surface area contributed by atoms with E-state index in [0.29, 0.717) is 0 Å². The van der Waals surface area contributed by atoms with Crippen molar-refractivity contribution in [2.75, 3.05) is 18.9 Å². The van der Waals surface area contributed by atoms with Gasteiger partial charge in [0.25, 0.3) is 0 Å². The number of aliphatic hydroxyl groups is 1. The lowest BCUT2D eigenvalue weighted by Gasteiger charge is -2.12. The molecule has 3 heteroatoms. The van der Waals surface area contributed by atoms with Gasteiger partial charge in [-0.25, -0.2) is 0 Å². The number of nitrogen functional groups attached to an aromatic ring is 1. The molecule has 0 saturated heterocycles. The van der Waals surface area contributed by atoms with Crippen molar-refractivity contribution in [3.05, 3.63) is 29.3 Å². The average molecular weight is 192 g/mol. The Morgan fingerprint density at radius 3 is 2.86 bits per heavy atom. The van der Waals surface area contributed by atoms with Crippen LogP contribution in [-0.4, -0.2) is 23.2 Å². The molecule has 2 rings (SSSR count). The Bertz CT molecular complexity index is 325. The smallest absolute Gasteiger partial charge is 0.0443 e. The van der Waals surface area contributed by atoms with Crippen LogP contribution in [0.5, 0.6) is 0 Å². The fraction of sp³-hybridized carbons (Fsp3) is 0.455. The van der Waals surface area contributed by atoms with Crippen LogP contribution in [0.2, 0.25) is 0 Å². The van der Waals surface area contributed by atoms with E-state index in [0.717, 1.165) is 31.7 Å². The summed E-state index contributed by atoms with van der Waals surface area (Å²) < 4.78 is 0. The summed E-state index contributed by atoms with van der Waals surface area (Å²) in [5.41, 5.74) is 9.27. The van der Waals surface area contributed by atoms with E-state index >= 15 is 0 Å². The Kier molecular flexibility index (Phi) is 2.70. The van der Waals surface area contributed by atoms with Crippen LogP contribution in [0.3, 0.4) is 0 Å². The predicted octanol–water partition coefficient (Wildman–Crippen LogP) is 0.967. The van der Waals surface area contributed by atoms with Gasteiger partial charge in [0.1, 0.15) is 0 Å². The summed E-state index contributed by atoms with van der Waals surface area (Å²) in [6.45, 7) is 3.20. The van der Waals surface area contributed by atoms with Crippen molar-refractivity contribution >= 4 is 5.69 Å². The first-order valence-corrected chi connectivity index (χ1v) is 5.00. The van der Waals surface area contributed by atoms with Gasteiger partial charge in [-0.1, -0.05) is 6.07 Å². The average Bonchev–Trinajstić information content (AvgIpc) is 2.56. The first kappa shape index (κ1) is 9.49. The highest BCUT2D eigenvalue weighted by molar-refractivity contribution is 5.46. The van der Waals surface area contributed by atoms with Gasteiger partial charge < -0.3 is 10.8 Å². The van der Waals surface area contributed by atoms with Gasteiger partial charge in [-0.15, -0.1) is 0 Å². The fourth-order valence-corrected chi connectivity index (χ4v) is 1.94. The largest absolute Gasteiger partial charge is 0.399 e. The molecule has 1 heterocycles. The Morgan fingerprint density at radius 1 is 1.29 bits per heavy atom. The van der Waals surface area contributed by atoms with E-state index in [4.69, 9.17) is 10.8 Å². The van der Waals surface area contributed by atoms with Gasteiger partial charge in [-0.2, -0.15) is 0 Å². The van der Waals surface area contributed by atoms with E-state index in [9.17, 15) is 0 Å². The molecule has 3 nitrogen and oxygen atoms in total. The van der Waals surface area contributed by atoms with Gasteiger partial charge in [0.2, 0.25) is 0 Å². The highest BCUT2D eigenvalue weighted by atomic mass is 16.3. The third kappa shape index (κ3) is 1.89. The molecule has 0 saturated carbocycles. The summed E-state index contributed by atoms with van der Waals surface area (Å²) in [7, 11) is 0. The second-order valence-corrected chi connectivity index (χ2v) is 3.82. The lowest BCUT2D eigenvalue weighted by Crippen LogP contribution is -2.18. The van der Waals surface area contributed by atoms with Crippen molar-refractivity contribution in [2.45, 2.75) is 19.5 Å². The Labute approximate surface area is 84.1 Å². The molecule has 0 aromatic heterocycles. The van der Waals surface area contributed by atoms with Crippen molar-refractivity contribution in [3.8, 4) is 0 Å². The molecular formula is C11H16N2O. The number of hydrogen-bond donors (Lipinski definition) is 2. The summed E-state index contributed by atoms with van der Waals surface area (Å²) in [6.07, 6.45) is 0.851. The van der Waals surface area contributed by atoms with Crippen molar-refractivity contribution in [1.29, 1.82) is 0 Å². The van der Waals surface area contributed by atoms with Crippen molar-refractivity contribution < 1.29 is 5.11 Å². The highest BCUT2D eigenvalue weighted by Gasteiger charge is 2.17. The summed E-state index contributed by atoms with van der Waals surface area (Å²) in [5, 5.41) is 8.74. The molecule has 0 bridgehead atoms. The number of nitrogens with two attached hydrogens (primary N) is 1. The minimum Gasteiger partial charge on any atom is -0.399 e. The molecule has 0 fully saturated rings. The standard InChI is InChI=1S/C11H16N2O/c12-11-3-2-9-7-13(4-1-5-14)8-10(9)6-11/h2-3,6,14H,1,4-5,7-8,12H2. The van der Waals surface area contributed by atoms with Crippen molar-refractivity contribution in [3.63, 3.8) is 0 Å². The normalized spacial score (nSPS) is 15.8. The minimum absolute atomic E-state index is 0.273. The molecule has 1 aliphatic rings. The molecule has 1 aromatic carbocycles.